The third-order valence-corrected chi connectivity index (χ3v) is 3.92. The lowest BCUT2D eigenvalue weighted by atomic mass is 10.00. The summed E-state index contributed by atoms with van der Waals surface area (Å²) in [6, 6.07) is 2.24. The largest absolute Gasteiger partial charge is 0.481 e. The van der Waals surface area contributed by atoms with Crippen molar-refractivity contribution >= 4 is 17.7 Å². The first-order chi connectivity index (χ1) is 8.54. The molecule has 0 bridgehead atoms. The average Bonchev–Trinajstić information content (AvgIpc) is 2.79. The molecule has 1 aliphatic heterocycles. The lowest BCUT2D eigenvalue weighted by Gasteiger charge is -2.14. The fourth-order valence-corrected chi connectivity index (χ4v) is 2.72. The predicted molar refractivity (Wildman–Crippen MR) is 64.6 cm³/mol. The van der Waals surface area contributed by atoms with E-state index in [-0.39, 0.29) is 10.9 Å². The molecule has 98 valence electrons. The first-order valence-corrected chi connectivity index (χ1v) is 6.75. The molecule has 0 aliphatic carbocycles. The molecular formula is C12H13F2NO2S. The van der Waals surface area contributed by atoms with E-state index >= 15 is 0 Å². The Bertz CT molecular complexity index is 481. The summed E-state index contributed by atoms with van der Waals surface area (Å²) in [4.78, 5) is 10.8. The van der Waals surface area contributed by atoms with Gasteiger partial charge in [-0.25, -0.2) is 8.78 Å². The molecule has 2 N–H and O–H groups in total. The van der Waals surface area contributed by atoms with Gasteiger partial charge in [0, 0.05) is 18.2 Å². The van der Waals surface area contributed by atoms with E-state index in [0.717, 1.165) is 11.8 Å². The second-order valence-electron chi connectivity index (χ2n) is 4.22. The second-order valence-corrected chi connectivity index (χ2v) is 5.03. The maximum absolute atomic E-state index is 14.1. The van der Waals surface area contributed by atoms with Crippen LogP contribution in [0.1, 0.15) is 18.0 Å². The number of nitrogens with one attached hydrogen (secondary N) is 1. The van der Waals surface area contributed by atoms with Gasteiger partial charge < -0.3 is 10.4 Å². The maximum Gasteiger partial charge on any atom is 0.307 e. The highest BCUT2D eigenvalue weighted by molar-refractivity contribution is 7.98. The highest BCUT2D eigenvalue weighted by Gasteiger charge is 2.32. The first kappa shape index (κ1) is 13.3. The molecule has 0 radical (unpaired) electrons. The molecule has 2 unspecified atom stereocenters. The molecule has 1 aromatic carbocycles. The zero-order chi connectivity index (χ0) is 13.3. The van der Waals surface area contributed by atoms with Gasteiger partial charge in [-0.2, -0.15) is 0 Å². The number of rotatable bonds is 3. The highest BCUT2D eigenvalue weighted by Crippen LogP contribution is 2.33. The van der Waals surface area contributed by atoms with E-state index in [0.29, 0.717) is 18.5 Å². The molecule has 0 amide bonds. The summed E-state index contributed by atoms with van der Waals surface area (Å²) in [7, 11) is 0. The number of halogens is 2. The van der Waals surface area contributed by atoms with Gasteiger partial charge >= 0.3 is 5.97 Å². The summed E-state index contributed by atoms with van der Waals surface area (Å²) >= 11 is 1.01. The monoisotopic (exact) mass is 273 g/mol. The van der Waals surface area contributed by atoms with Crippen molar-refractivity contribution in [1.29, 1.82) is 0 Å². The van der Waals surface area contributed by atoms with Crippen LogP contribution in [0.3, 0.4) is 0 Å². The van der Waals surface area contributed by atoms with Crippen molar-refractivity contribution in [2.45, 2.75) is 17.4 Å². The minimum absolute atomic E-state index is 0.0203. The van der Waals surface area contributed by atoms with Crippen molar-refractivity contribution in [1.82, 2.24) is 5.32 Å². The van der Waals surface area contributed by atoms with E-state index < -0.39 is 23.5 Å². The van der Waals surface area contributed by atoms with Crippen molar-refractivity contribution in [2.24, 2.45) is 5.92 Å². The lowest BCUT2D eigenvalue weighted by molar-refractivity contribution is -0.141. The van der Waals surface area contributed by atoms with Crippen LogP contribution in [0.4, 0.5) is 8.78 Å². The number of aliphatic carboxylic acids is 1. The van der Waals surface area contributed by atoms with Crippen molar-refractivity contribution in [2.75, 3.05) is 12.8 Å². The number of hydrogen-bond acceptors (Lipinski definition) is 3. The van der Waals surface area contributed by atoms with Crippen molar-refractivity contribution in [3.63, 3.8) is 0 Å². The molecule has 1 saturated heterocycles. The zero-order valence-electron chi connectivity index (χ0n) is 9.74. The quantitative estimate of drug-likeness (QED) is 0.830. The van der Waals surface area contributed by atoms with E-state index in [9.17, 15) is 13.6 Å². The maximum atomic E-state index is 14.1. The summed E-state index contributed by atoms with van der Waals surface area (Å²) in [6.45, 7) is 0.311. The Morgan fingerprint density at radius 1 is 1.50 bits per heavy atom. The average molecular weight is 273 g/mol. The smallest absolute Gasteiger partial charge is 0.307 e. The van der Waals surface area contributed by atoms with E-state index in [2.05, 4.69) is 5.32 Å². The molecule has 1 fully saturated rings. The Kier molecular flexibility index (Phi) is 3.87. The van der Waals surface area contributed by atoms with Crippen molar-refractivity contribution < 1.29 is 18.7 Å². The molecule has 2 atom stereocenters. The van der Waals surface area contributed by atoms with Gasteiger partial charge in [0.2, 0.25) is 0 Å². The minimum atomic E-state index is -0.891. The van der Waals surface area contributed by atoms with Crippen LogP contribution >= 0.6 is 11.8 Å². The molecule has 6 heteroatoms. The zero-order valence-corrected chi connectivity index (χ0v) is 10.6. The number of carboxylic acids is 1. The predicted octanol–water partition coefficient (Wildman–Crippen LogP) is 2.42. The first-order valence-electron chi connectivity index (χ1n) is 5.52. The van der Waals surface area contributed by atoms with Crippen LogP contribution in [0.15, 0.2) is 17.0 Å². The van der Waals surface area contributed by atoms with E-state index in [1.807, 2.05) is 0 Å². The topological polar surface area (TPSA) is 49.3 Å². The van der Waals surface area contributed by atoms with Crippen LogP contribution in [-0.2, 0) is 4.79 Å². The lowest BCUT2D eigenvalue weighted by Crippen LogP contribution is -2.17. The fourth-order valence-electron chi connectivity index (χ4n) is 2.16. The summed E-state index contributed by atoms with van der Waals surface area (Å²) in [5, 5.41) is 11.9. The standard InChI is InChI=1S/C12H13F2NO2S/c1-18-11-8(13)3-2-7(10(11)14)9-4-6(5-15-9)12(16)17/h2-3,6,9,15H,4-5H2,1H3,(H,16,17). The van der Waals surface area contributed by atoms with Crippen LogP contribution in [-0.4, -0.2) is 23.9 Å². The van der Waals surface area contributed by atoms with Gasteiger partial charge in [-0.15, -0.1) is 11.8 Å². The number of carboxylic acid groups (broad SMARTS) is 1. The molecule has 0 saturated carbocycles. The van der Waals surface area contributed by atoms with Crippen LogP contribution in [0, 0.1) is 17.6 Å². The van der Waals surface area contributed by atoms with E-state index in [4.69, 9.17) is 5.11 Å². The van der Waals surface area contributed by atoms with Crippen LogP contribution in [0.2, 0.25) is 0 Å². The molecule has 2 rings (SSSR count). The van der Waals surface area contributed by atoms with Crippen LogP contribution < -0.4 is 5.32 Å². The van der Waals surface area contributed by atoms with Crippen molar-refractivity contribution in [3.05, 3.63) is 29.3 Å². The van der Waals surface area contributed by atoms with Crippen molar-refractivity contribution in [3.8, 4) is 0 Å². The summed E-state index contributed by atoms with van der Waals surface area (Å²) in [5.41, 5.74) is 0.338. The number of benzene rings is 1. The van der Waals surface area contributed by atoms with Gasteiger partial charge in [-0.05, 0) is 18.7 Å². The van der Waals surface area contributed by atoms with Gasteiger partial charge in [-0.1, -0.05) is 6.07 Å². The highest BCUT2D eigenvalue weighted by atomic mass is 32.2. The van der Waals surface area contributed by atoms with Gasteiger partial charge in [0.25, 0.3) is 0 Å². The van der Waals surface area contributed by atoms with Gasteiger partial charge in [0.05, 0.1) is 10.8 Å². The number of hydrogen-bond donors (Lipinski definition) is 2. The second kappa shape index (κ2) is 5.24. The normalized spacial score (nSPS) is 23.3. The Morgan fingerprint density at radius 2 is 2.22 bits per heavy atom. The number of carbonyl (C=O) groups is 1. The Labute approximate surface area is 108 Å². The van der Waals surface area contributed by atoms with Crippen LogP contribution in [0.25, 0.3) is 0 Å². The van der Waals surface area contributed by atoms with Gasteiger partial charge in [0.15, 0.2) is 0 Å². The third kappa shape index (κ3) is 2.35. The molecule has 1 aliphatic rings. The number of thioether (sulfide) groups is 1. The minimum Gasteiger partial charge on any atom is -0.481 e. The SMILES string of the molecule is CSc1c(F)ccc(C2CC(C(=O)O)CN2)c1F. The van der Waals surface area contributed by atoms with Gasteiger partial charge in [0.1, 0.15) is 11.6 Å². The molecular weight excluding hydrogens is 260 g/mol. The Balaban J connectivity index is 2.28. The summed E-state index contributed by atoms with van der Waals surface area (Å²) in [5.74, 6) is -2.59. The molecule has 18 heavy (non-hydrogen) atoms. The van der Waals surface area contributed by atoms with E-state index in [1.54, 1.807) is 6.26 Å². The summed E-state index contributed by atoms with van der Waals surface area (Å²) < 4.78 is 27.4. The molecule has 1 aromatic rings. The molecule has 0 spiro atoms. The Morgan fingerprint density at radius 3 is 2.78 bits per heavy atom. The summed E-state index contributed by atoms with van der Waals surface area (Å²) in [6.07, 6.45) is 1.93. The molecule has 0 aromatic heterocycles. The van der Waals surface area contributed by atoms with Crippen LogP contribution in [0.5, 0.6) is 0 Å². The third-order valence-electron chi connectivity index (χ3n) is 3.14. The molecule has 3 nitrogen and oxygen atoms in total. The fraction of sp³-hybridized carbons (Fsp3) is 0.417. The Hall–Kier alpha value is -1.14. The molecule has 1 heterocycles. The van der Waals surface area contributed by atoms with Gasteiger partial charge in [-0.3, -0.25) is 4.79 Å². The van der Waals surface area contributed by atoms with E-state index in [1.165, 1.54) is 12.1 Å².